The lowest BCUT2D eigenvalue weighted by Crippen LogP contribution is -1.71. The maximum atomic E-state index is 2.29. The fraction of sp³-hybridized carbons (Fsp3) is 0.636. The number of rotatable bonds is 6. The van der Waals surface area contributed by atoms with Gasteiger partial charge >= 0.3 is 0 Å². The van der Waals surface area contributed by atoms with Crippen molar-refractivity contribution in [2.45, 2.75) is 46.0 Å². The second kappa shape index (κ2) is 9.48. The van der Waals surface area contributed by atoms with E-state index in [1.54, 1.807) is 0 Å². The number of hydrogen-bond donors (Lipinski definition) is 0. The van der Waals surface area contributed by atoms with Crippen molar-refractivity contribution in [3.63, 3.8) is 0 Å². The Kier molecular flexibility index (Phi) is 9.03. The molecule has 0 aliphatic rings. The Morgan fingerprint density at radius 1 is 0.909 bits per heavy atom. The lowest BCUT2D eigenvalue weighted by Gasteiger charge is -1.91. The molecular weight excluding hydrogens is 132 g/mol. The van der Waals surface area contributed by atoms with E-state index in [2.05, 4.69) is 38.2 Å². The van der Waals surface area contributed by atoms with Crippen molar-refractivity contribution in [3.8, 4) is 0 Å². The van der Waals surface area contributed by atoms with Crippen LogP contribution in [0.15, 0.2) is 24.3 Å². The molecule has 0 saturated carbocycles. The minimum absolute atomic E-state index is 1.18. The first-order chi connectivity index (χ1) is 5.41. The van der Waals surface area contributed by atoms with E-state index in [9.17, 15) is 0 Å². The summed E-state index contributed by atoms with van der Waals surface area (Å²) >= 11 is 0. The normalized spacial score (nSPS) is 11.8. The van der Waals surface area contributed by atoms with Crippen molar-refractivity contribution >= 4 is 0 Å². The third-order valence-electron chi connectivity index (χ3n) is 1.63. The Morgan fingerprint density at radius 2 is 1.55 bits per heavy atom. The molecule has 0 aromatic rings. The molecular formula is C11H20. The minimum Gasteiger partial charge on any atom is -0.0917 e. The summed E-state index contributed by atoms with van der Waals surface area (Å²) in [6.07, 6.45) is 15.2. The van der Waals surface area contributed by atoms with Gasteiger partial charge in [-0.05, 0) is 39.0 Å². The predicted octanol–water partition coefficient (Wildman–Crippen LogP) is 4.09. The highest BCUT2D eigenvalue weighted by Crippen LogP contribution is 2.01. The number of unbranched alkanes of at least 4 members (excludes halogenated alkanes) is 3. The van der Waals surface area contributed by atoms with Crippen LogP contribution >= 0.6 is 0 Å². The fourth-order valence-electron chi connectivity index (χ4n) is 0.976. The second-order valence-corrected chi connectivity index (χ2v) is 2.73. The van der Waals surface area contributed by atoms with Gasteiger partial charge in [0.05, 0.1) is 0 Å². The Bertz CT molecular complexity index is 109. The van der Waals surface area contributed by atoms with Crippen LogP contribution in [-0.2, 0) is 0 Å². The maximum Gasteiger partial charge on any atom is -0.0351 e. The molecule has 0 heteroatoms. The average molecular weight is 152 g/mol. The summed E-state index contributed by atoms with van der Waals surface area (Å²) in [6, 6.07) is 0. The van der Waals surface area contributed by atoms with Crippen molar-refractivity contribution in [3.05, 3.63) is 24.3 Å². The highest BCUT2D eigenvalue weighted by molar-refractivity contribution is 4.81. The van der Waals surface area contributed by atoms with Gasteiger partial charge in [-0.1, -0.05) is 31.2 Å². The molecule has 0 unspecified atom stereocenters. The average Bonchev–Trinajstić information content (AvgIpc) is 2.03. The van der Waals surface area contributed by atoms with Gasteiger partial charge in [-0.3, -0.25) is 0 Å². The Balaban J connectivity index is 2.96. The summed E-state index contributed by atoms with van der Waals surface area (Å²) in [7, 11) is 0. The van der Waals surface area contributed by atoms with Crippen LogP contribution in [0.2, 0.25) is 0 Å². The molecule has 0 rings (SSSR count). The smallest absolute Gasteiger partial charge is 0.0351 e. The lowest BCUT2D eigenvalue weighted by atomic mass is 10.2. The molecule has 0 nitrogen and oxygen atoms in total. The standard InChI is InChI=1S/C11H20/c1-3-5-7-9-11-10-8-6-4-2/h3,5-6,8H,4,7,9-11H2,1-2H3/b5-3+,8-6+. The molecule has 0 amide bonds. The molecule has 0 heterocycles. The van der Waals surface area contributed by atoms with E-state index in [0.29, 0.717) is 0 Å². The van der Waals surface area contributed by atoms with Gasteiger partial charge in [0, 0.05) is 0 Å². The molecule has 0 aliphatic carbocycles. The van der Waals surface area contributed by atoms with Gasteiger partial charge in [0.1, 0.15) is 0 Å². The van der Waals surface area contributed by atoms with Crippen molar-refractivity contribution in [2.75, 3.05) is 0 Å². The third kappa shape index (κ3) is 9.48. The van der Waals surface area contributed by atoms with Crippen LogP contribution < -0.4 is 0 Å². The zero-order valence-corrected chi connectivity index (χ0v) is 7.84. The van der Waals surface area contributed by atoms with Gasteiger partial charge in [-0.2, -0.15) is 0 Å². The van der Waals surface area contributed by atoms with Crippen LogP contribution in [0, 0.1) is 0 Å². The minimum atomic E-state index is 1.18. The highest BCUT2D eigenvalue weighted by atomic mass is 13.9. The van der Waals surface area contributed by atoms with E-state index in [0.717, 1.165) is 0 Å². The molecule has 0 saturated heterocycles. The quantitative estimate of drug-likeness (QED) is 0.397. The first-order valence-electron chi connectivity index (χ1n) is 4.68. The zero-order chi connectivity index (χ0) is 8.36. The van der Waals surface area contributed by atoms with Crippen LogP contribution in [0.5, 0.6) is 0 Å². The maximum absolute atomic E-state index is 2.29. The van der Waals surface area contributed by atoms with Crippen molar-refractivity contribution < 1.29 is 0 Å². The van der Waals surface area contributed by atoms with E-state index in [1.165, 1.54) is 32.1 Å². The van der Waals surface area contributed by atoms with Gasteiger partial charge in [-0.25, -0.2) is 0 Å². The molecule has 0 fully saturated rings. The van der Waals surface area contributed by atoms with Crippen LogP contribution in [0.4, 0.5) is 0 Å². The van der Waals surface area contributed by atoms with E-state index >= 15 is 0 Å². The summed E-state index contributed by atoms with van der Waals surface area (Å²) in [4.78, 5) is 0. The number of hydrogen-bond acceptors (Lipinski definition) is 0. The lowest BCUT2D eigenvalue weighted by molar-refractivity contribution is 0.760. The van der Waals surface area contributed by atoms with Crippen LogP contribution in [-0.4, -0.2) is 0 Å². The number of allylic oxidation sites excluding steroid dienone is 4. The molecule has 0 bridgehead atoms. The van der Waals surface area contributed by atoms with E-state index in [-0.39, 0.29) is 0 Å². The van der Waals surface area contributed by atoms with Gasteiger partial charge in [0.25, 0.3) is 0 Å². The molecule has 0 aromatic carbocycles. The molecule has 0 aromatic heterocycles. The molecule has 0 aliphatic heterocycles. The largest absolute Gasteiger partial charge is 0.0917 e. The Hall–Kier alpha value is -0.520. The zero-order valence-electron chi connectivity index (χ0n) is 7.84. The Labute approximate surface area is 71.0 Å². The van der Waals surface area contributed by atoms with Gasteiger partial charge in [0.15, 0.2) is 0 Å². The van der Waals surface area contributed by atoms with Crippen LogP contribution in [0.25, 0.3) is 0 Å². The second-order valence-electron chi connectivity index (χ2n) is 2.73. The fourth-order valence-corrected chi connectivity index (χ4v) is 0.976. The van der Waals surface area contributed by atoms with E-state index in [1.807, 2.05) is 0 Å². The van der Waals surface area contributed by atoms with E-state index in [4.69, 9.17) is 0 Å². The summed E-state index contributed by atoms with van der Waals surface area (Å²) in [5, 5.41) is 0. The highest BCUT2D eigenvalue weighted by Gasteiger charge is 1.81. The summed E-state index contributed by atoms with van der Waals surface area (Å²) in [5.74, 6) is 0. The van der Waals surface area contributed by atoms with Crippen molar-refractivity contribution in [1.82, 2.24) is 0 Å². The van der Waals surface area contributed by atoms with Crippen LogP contribution in [0.1, 0.15) is 46.0 Å². The molecule has 0 radical (unpaired) electrons. The molecule has 0 spiro atoms. The molecule has 0 atom stereocenters. The predicted molar refractivity (Wildman–Crippen MR) is 52.7 cm³/mol. The van der Waals surface area contributed by atoms with Gasteiger partial charge < -0.3 is 0 Å². The SMILES string of the molecule is C/C=C/CCCC/C=C/CC. The summed E-state index contributed by atoms with van der Waals surface area (Å²) in [5.41, 5.74) is 0. The van der Waals surface area contributed by atoms with Gasteiger partial charge in [0.2, 0.25) is 0 Å². The first-order valence-corrected chi connectivity index (χ1v) is 4.68. The third-order valence-corrected chi connectivity index (χ3v) is 1.63. The Morgan fingerprint density at radius 3 is 2.09 bits per heavy atom. The topological polar surface area (TPSA) is 0 Å². The summed E-state index contributed by atoms with van der Waals surface area (Å²) in [6.45, 7) is 4.26. The summed E-state index contributed by atoms with van der Waals surface area (Å²) < 4.78 is 0. The molecule has 64 valence electrons. The molecule has 0 N–H and O–H groups in total. The van der Waals surface area contributed by atoms with E-state index < -0.39 is 0 Å². The van der Waals surface area contributed by atoms with Crippen molar-refractivity contribution in [1.29, 1.82) is 0 Å². The molecule has 11 heavy (non-hydrogen) atoms. The monoisotopic (exact) mass is 152 g/mol. The first kappa shape index (κ1) is 10.5. The van der Waals surface area contributed by atoms with Crippen LogP contribution in [0.3, 0.4) is 0 Å². The van der Waals surface area contributed by atoms with Gasteiger partial charge in [-0.15, -0.1) is 0 Å². The van der Waals surface area contributed by atoms with Crippen molar-refractivity contribution in [2.24, 2.45) is 0 Å².